The molecule has 10 heteroatoms. The fraction of sp³-hybridized carbons (Fsp3) is 0.345. The van der Waals surface area contributed by atoms with Crippen molar-refractivity contribution in [1.29, 1.82) is 0 Å². The van der Waals surface area contributed by atoms with Crippen LogP contribution >= 0.6 is 11.3 Å². The molecule has 1 amide bonds. The lowest BCUT2D eigenvalue weighted by molar-refractivity contribution is 0.0936. The number of rotatable bonds is 5. The maximum Gasteiger partial charge on any atom is 0.298 e. The van der Waals surface area contributed by atoms with Crippen LogP contribution in [0.4, 0.5) is 17.2 Å². The minimum atomic E-state index is -0.415. The number of anilines is 3. The van der Waals surface area contributed by atoms with Crippen LogP contribution in [0.25, 0.3) is 16.0 Å². The van der Waals surface area contributed by atoms with E-state index in [-0.39, 0.29) is 17.8 Å². The number of aromatic nitrogens is 2. The number of nitrogens with zero attached hydrogens (tertiary/aromatic N) is 4. The molecule has 3 aliphatic rings. The van der Waals surface area contributed by atoms with Gasteiger partial charge in [-0.15, -0.1) is 11.3 Å². The Morgan fingerprint density at radius 1 is 1.05 bits per heavy atom. The molecule has 1 saturated carbocycles. The summed E-state index contributed by atoms with van der Waals surface area (Å²) < 4.78 is 7.47. The highest BCUT2D eigenvalue weighted by Crippen LogP contribution is 2.38. The van der Waals surface area contributed by atoms with Gasteiger partial charge in [0.25, 0.3) is 11.5 Å². The van der Waals surface area contributed by atoms with Crippen LogP contribution in [0.15, 0.2) is 59.4 Å². The largest absolute Gasteiger partial charge is 0.490 e. The van der Waals surface area contributed by atoms with Gasteiger partial charge in [-0.2, -0.15) is 0 Å². The molecule has 3 N–H and O–H groups in total. The molecular weight excluding hydrogens is 512 g/mol. The molecule has 0 spiro atoms. The van der Waals surface area contributed by atoms with Gasteiger partial charge in [0.05, 0.1) is 28.3 Å². The first-order valence-corrected chi connectivity index (χ1v) is 14.3. The molecule has 200 valence electrons. The second kappa shape index (κ2) is 9.69. The highest BCUT2D eigenvalue weighted by atomic mass is 32.1. The normalized spacial score (nSPS) is 19.5. The third-order valence-electron chi connectivity index (χ3n) is 8.08. The van der Waals surface area contributed by atoms with E-state index in [1.807, 2.05) is 36.4 Å². The van der Waals surface area contributed by atoms with Crippen LogP contribution in [-0.4, -0.2) is 58.7 Å². The number of nitrogens with one attached hydrogen (secondary N) is 1. The Bertz CT molecular complexity index is 1610. The number of ether oxygens (including phenoxy) is 1. The van der Waals surface area contributed by atoms with E-state index in [0.717, 1.165) is 36.6 Å². The van der Waals surface area contributed by atoms with Crippen molar-refractivity contribution in [3.63, 3.8) is 0 Å². The van der Waals surface area contributed by atoms with Gasteiger partial charge in [0.2, 0.25) is 0 Å². The summed E-state index contributed by atoms with van der Waals surface area (Å²) in [6, 6.07) is 18.3. The molecule has 2 aliphatic heterocycles. The Morgan fingerprint density at radius 3 is 2.69 bits per heavy atom. The van der Waals surface area contributed by atoms with Crippen LogP contribution < -0.4 is 26.2 Å². The molecule has 9 nitrogen and oxygen atoms in total. The molecule has 1 aliphatic carbocycles. The van der Waals surface area contributed by atoms with Crippen LogP contribution in [0.5, 0.6) is 5.75 Å². The van der Waals surface area contributed by atoms with E-state index >= 15 is 0 Å². The second-order valence-corrected chi connectivity index (χ2v) is 11.5. The number of benzene rings is 2. The zero-order valence-electron chi connectivity index (χ0n) is 21.5. The number of fused-ring (bicyclic) bond motifs is 2. The summed E-state index contributed by atoms with van der Waals surface area (Å²) >= 11 is 1.26. The molecule has 2 fully saturated rings. The summed E-state index contributed by atoms with van der Waals surface area (Å²) in [6.07, 6.45) is 4.79. The van der Waals surface area contributed by atoms with Gasteiger partial charge in [-0.1, -0.05) is 24.6 Å². The van der Waals surface area contributed by atoms with Gasteiger partial charge < -0.3 is 20.7 Å². The first-order chi connectivity index (χ1) is 19.0. The molecule has 1 atom stereocenters. The lowest BCUT2D eigenvalue weighted by Gasteiger charge is -2.34. The Hall–Kier alpha value is -3.89. The Morgan fingerprint density at radius 2 is 1.90 bits per heavy atom. The molecule has 2 aromatic carbocycles. The molecular formula is C29H30N6O3S. The molecule has 4 aromatic rings. The van der Waals surface area contributed by atoms with E-state index in [9.17, 15) is 9.59 Å². The molecule has 0 bridgehead atoms. The maximum absolute atomic E-state index is 13.3. The summed E-state index contributed by atoms with van der Waals surface area (Å²) in [5.41, 5.74) is 8.78. The topological polar surface area (TPSA) is 106 Å². The van der Waals surface area contributed by atoms with E-state index in [2.05, 4.69) is 32.2 Å². The van der Waals surface area contributed by atoms with Gasteiger partial charge in [-0.05, 0) is 55.7 Å². The number of para-hydroxylation sites is 1. The highest BCUT2D eigenvalue weighted by molar-refractivity contribution is 7.20. The third kappa shape index (κ3) is 4.33. The zero-order chi connectivity index (χ0) is 26.5. The highest BCUT2D eigenvalue weighted by Gasteiger charge is 2.32. The number of thiophene rings is 1. The van der Waals surface area contributed by atoms with Crippen molar-refractivity contribution in [3.8, 4) is 11.4 Å². The zero-order valence-corrected chi connectivity index (χ0v) is 22.3. The molecule has 1 saturated heterocycles. The summed E-state index contributed by atoms with van der Waals surface area (Å²) in [7, 11) is 0. The van der Waals surface area contributed by atoms with Crippen molar-refractivity contribution in [1.82, 2.24) is 19.8 Å². The number of nitrogen functional groups attached to an aromatic ring is 1. The third-order valence-corrected chi connectivity index (χ3v) is 9.10. The van der Waals surface area contributed by atoms with Crippen molar-refractivity contribution < 1.29 is 9.53 Å². The first kappa shape index (κ1) is 24.2. The number of amides is 1. The van der Waals surface area contributed by atoms with Gasteiger partial charge in [0.15, 0.2) is 5.82 Å². The van der Waals surface area contributed by atoms with Gasteiger partial charge in [-0.25, -0.2) is 4.98 Å². The lowest BCUT2D eigenvalue weighted by atomic mass is 9.92. The summed E-state index contributed by atoms with van der Waals surface area (Å²) in [5.74, 6) is 0.514. The van der Waals surface area contributed by atoms with Crippen molar-refractivity contribution in [2.24, 2.45) is 0 Å². The summed E-state index contributed by atoms with van der Waals surface area (Å²) in [6.45, 7) is 3.18. The Balaban J connectivity index is 1.22. The average Bonchev–Trinajstić information content (AvgIpc) is 3.55. The van der Waals surface area contributed by atoms with Crippen LogP contribution in [0.3, 0.4) is 0 Å². The minimum absolute atomic E-state index is 0.0999. The standard InChI is InChI=1S/C29H30N6O3S/c30-26-29(37)35(21-9-10-24-22(15-21)34(13-14-38-24)20-5-2-1-3-6-20)23-16-25(39-28(23)32-26)27(36)31-18-11-12-33(17-18)19-7-4-8-19/h1-3,5-6,9-10,15-16,18-19H,4,7-8,11-14,17H2,(H2,30,32)(H,31,36)/t18-/m0/s1. The SMILES string of the molecule is Nc1nc2sc(C(=O)N[C@H]3CCN(C4CCC4)C3)cc2n(-c2ccc3c(c2)N(c2ccccc2)CCO3)c1=O. The molecule has 0 unspecified atom stereocenters. The Kier molecular flexibility index (Phi) is 6.01. The van der Waals surface area contributed by atoms with E-state index in [1.165, 1.54) is 30.6 Å². The van der Waals surface area contributed by atoms with Crippen LogP contribution in [0.2, 0.25) is 0 Å². The van der Waals surface area contributed by atoms with Gasteiger partial charge in [0, 0.05) is 30.9 Å². The van der Waals surface area contributed by atoms with E-state index < -0.39 is 5.56 Å². The molecule has 7 rings (SSSR count). The predicted octanol–water partition coefficient (Wildman–Crippen LogP) is 3.92. The fourth-order valence-corrected chi connectivity index (χ4v) is 6.76. The van der Waals surface area contributed by atoms with Crippen molar-refractivity contribution in [3.05, 3.63) is 69.8 Å². The smallest absolute Gasteiger partial charge is 0.298 e. The summed E-state index contributed by atoms with van der Waals surface area (Å²) in [4.78, 5) is 36.7. The number of hydrogen-bond donors (Lipinski definition) is 2. The van der Waals surface area contributed by atoms with Gasteiger partial charge >= 0.3 is 0 Å². The van der Waals surface area contributed by atoms with E-state index in [1.54, 1.807) is 10.6 Å². The fourth-order valence-electron chi connectivity index (χ4n) is 5.83. The number of carbonyl (C=O) groups is 1. The lowest BCUT2D eigenvalue weighted by Crippen LogP contribution is -2.42. The molecule has 2 aromatic heterocycles. The van der Waals surface area contributed by atoms with Gasteiger partial charge in [0.1, 0.15) is 17.2 Å². The molecule has 0 radical (unpaired) electrons. The monoisotopic (exact) mass is 542 g/mol. The van der Waals surface area contributed by atoms with E-state index in [4.69, 9.17) is 10.5 Å². The van der Waals surface area contributed by atoms with Crippen molar-refractivity contribution in [2.45, 2.75) is 37.8 Å². The van der Waals surface area contributed by atoms with Gasteiger partial charge in [-0.3, -0.25) is 19.1 Å². The number of nitrogens with two attached hydrogens (primary N) is 1. The summed E-state index contributed by atoms with van der Waals surface area (Å²) in [5, 5.41) is 3.20. The first-order valence-electron chi connectivity index (χ1n) is 13.5. The molecule has 39 heavy (non-hydrogen) atoms. The average molecular weight is 543 g/mol. The van der Waals surface area contributed by atoms with Crippen LogP contribution in [0.1, 0.15) is 35.4 Å². The minimum Gasteiger partial charge on any atom is -0.490 e. The quantitative estimate of drug-likeness (QED) is 0.394. The number of hydrogen-bond acceptors (Lipinski definition) is 8. The van der Waals surface area contributed by atoms with E-state index in [0.29, 0.717) is 40.1 Å². The van der Waals surface area contributed by atoms with Crippen molar-refractivity contribution in [2.75, 3.05) is 36.9 Å². The second-order valence-electron chi connectivity index (χ2n) is 10.5. The van der Waals surface area contributed by atoms with Crippen LogP contribution in [0, 0.1) is 0 Å². The van der Waals surface area contributed by atoms with Crippen LogP contribution in [-0.2, 0) is 0 Å². The Labute approximate surface area is 229 Å². The number of likely N-dealkylation sites (tertiary alicyclic amines) is 1. The number of carbonyl (C=O) groups excluding carboxylic acids is 1. The predicted molar refractivity (Wildman–Crippen MR) is 154 cm³/mol. The van der Waals surface area contributed by atoms with Crippen molar-refractivity contribution >= 4 is 44.8 Å². The molecule has 4 heterocycles. The maximum atomic E-state index is 13.3.